The second-order valence-corrected chi connectivity index (χ2v) is 6.72. The molecule has 2 aromatic carbocycles. The standard InChI is InChI=1S/C15H16N2O4S/c1-11-6-8-15(9-7-11)22(20,21)16-12(2)13-4-3-5-14(10-13)17(18)19/h3-10,12,16H,1-2H3. The van der Waals surface area contributed by atoms with Crippen LogP contribution in [0.4, 0.5) is 5.69 Å². The van der Waals surface area contributed by atoms with Crippen molar-refractivity contribution in [2.24, 2.45) is 0 Å². The number of non-ortho nitro benzene ring substituents is 1. The average molecular weight is 320 g/mol. The molecule has 1 unspecified atom stereocenters. The van der Waals surface area contributed by atoms with Crippen molar-refractivity contribution in [1.29, 1.82) is 0 Å². The van der Waals surface area contributed by atoms with Gasteiger partial charge in [-0.05, 0) is 31.5 Å². The number of nitro groups is 1. The van der Waals surface area contributed by atoms with Crippen molar-refractivity contribution in [3.63, 3.8) is 0 Å². The molecule has 0 aliphatic rings. The van der Waals surface area contributed by atoms with Gasteiger partial charge in [-0.3, -0.25) is 10.1 Å². The summed E-state index contributed by atoms with van der Waals surface area (Å²) in [4.78, 5) is 10.4. The summed E-state index contributed by atoms with van der Waals surface area (Å²) in [5.74, 6) is 0. The Labute approximate surface area is 129 Å². The normalized spacial score (nSPS) is 12.8. The van der Waals surface area contributed by atoms with Gasteiger partial charge in [-0.15, -0.1) is 0 Å². The van der Waals surface area contributed by atoms with Crippen LogP contribution < -0.4 is 4.72 Å². The number of nitro benzene ring substituents is 1. The number of sulfonamides is 1. The Balaban J connectivity index is 2.24. The van der Waals surface area contributed by atoms with Gasteiger partial charge < -0.3 is 0 Å². The maximum Gasteiger partial charge on any atom is 0.269 e. The van der Waals surface area contributed by atoms with Crippen LogP contribution in [0.5, 0.6) is 0 Å². The minimum absolute atomic E-state index is 0.0705. The average Bonchev–Trinajstić information content (AvgIpc) is 2.47. The van der Waals surface area contributed by atoms with E-state index in [1.54, 1.807) is 25.1 Å². The molecule has 0 radical (unpaired) electrons. The van der Waals surface area contributed by atoms with Crippen LogP contribution in [0.1, 0.15) is 24.1 Å². The smallest absolute Gasteiger partial charge is 0.258 e. The quantitative estimate of drug-likeness (QED) is 0.677. The number of rotatable bonds is 5. The van der Waals surface area contributed by atoms with Gasteiger partial charge in [-0.25, -0.2) is 13.1 Å². The van der Waals surface area contributed by atoms with Crippen molar-refractivity contribution in [2.75, 3.05) is 0 Å². The Morgan fingerprint density at radius 1 is 1.14 bits per heavy atom. The summed E-state index contributed by atoms with van der Waals surface area (Å²) in [7, 11) is -3.68. The summed E-state index contributed by atoms with van der Waals surface area (Å²) in [5.41, 5.74) is 1.43. The summed E-state index contributed by atoms with van der Waals surface area (Å²) in [6.07, 6.45) is 0. The maximum atomic E-state index is 12.3. The Morgan fingerprint density at radius 3 is 2.36 bits per heavy atom. The maximum absolute atomic E-state index is 12.3. The van der Waals surface area contributed by atoms with Gasteiger partial charge in [0.05, 0.1) is 9.82 Å². The van der Waals surface area contributed by atoms with E-state index in [9.17, 15) is 18.5 Å². The first-order chi connectivity index (χ1) is 10.3. The fourth-order valence-corrected chi connectivity index (χ4v) is 3.23. The Morgan fingerprint density at radius 2 is 1.77 bits per heavy atom. The number of aryl methyl sites for hydroxylation is 1. The number of hydrogen-bond acceptors (Lipinski definition) is 4. The van der Waals surface area contributed by atoms with Gasteiger partial charge in [-0.1, -0.05) is 29.8 Å². The van der Waals surface area contributed by atoms with Gasteiger partial charge in [0.25, 0.3) is 5.69 Å². The molecule has 0 saturated heterocycles. The van der Waals surface area contributed by atoms with E-state index in [0.717, 1.165) is 5.56 Å². The fourth-order valence-electron chi connectivity index (χ4n) is 1.99. The zero-order chi connectivity index (χ0) is 16.3. The molecule has 0 spiro atoms. The molecule has 0 aromatic heterocycles. The van der Waals surface area contributed by atoms with Gasteiger partial charge in [0.2, 0.25) is 10.0 Å². The van der Waals surface area contributed by atoms with E-state index in [2.05, 4.69) is 4.72 Å². The van der Waals surface area contributed by atoms with Crippen molar-refractivity contribution in [3.8, 4) is 0 Å². The molecule has 116 valence electrons. The van der Waals surface area contributed by atoms with Gasteiger partial charge in [-0.2, -0.15) is 0 Å². The summed E-state index contributed by atoms with van der Waals surface area (Å²) >= 11 is 0. The van der Waals surface area contributed by atoms with Crippen LogP contribution in [0.25, 0.3) is 0 Å². The fraction of sp³-hybridized carbons (Fsp3) is 0.200. The third-order valence-corrected chi connectivity index (χ3v) is 4.80. The molecule has 1 N–H and O–H groups in total. The highest BCUT2D eigenvalue weighted by molar-refractivity contribution is 7.89. The van der Waals surface area contributed by atoms with Crippen molar-refractivity contribution >= 4 is 15.7 Å². The molecule has 7 heteroatoms. The second-order valence-electron chi connectivity index (χ2n) is 5.01. The molecule has 1 atom stereocenters. The molecule has 2 aromatic rings. The molecule has 0 aliphatic heterocycles. The highest BCUT2D eigenvalue weighted by Gasteiger charge is 2.19. The van der Waals surface area contributed by atoms with E-state index < -0.39 is 21.0 Å². The Hall–Kier alpha value is -2.25. The molecule has 0 aliphatic carbocycles. The molecule has 0 bridgehead atoms. The highest BCUT2D eigenvalue weighted by Crippen LogP contribution is 2.21. The summed E-state index contributed by atoms with van der Waals surface area (Å²) in [6.45, 7) is 3.51. The zero-order valence-electron chi connectivity index (χ0n) is 12.2. The lowest BCUT2D eigenvalue weighted by molar-refractivity contribution is -0.384. The summed E-state index contributed by atoms with van der Waals surface area (Å²) < 4.78 is 27.1. The number of nitrogens with one attached hydrogen (secondary N) is 1. The minimum Gasteiger partial charge on any atom is -0.258 e. The molecular formula is C15H16N2O4S. The lowest BCUT2D eigenvalue weighted by Gasteiger charge is -2.14. The predicted molar refractivity (Wildman–Crippen MR) is 83.0 cm³/mol. The number of hydrogen-bond donors (Lipinski definition) is 1. The molecule has 6 nitrogen and oxygen atoms in total. The Kier molecular flexibility index (Phi) is 4.58. The topological polar surface area (TPSA) is 89.3 Å². The molecule has 2 rings (SSSR count). The van der Waals surface area contributed by atoms with Gasteiger partial charge in [0.1, 0.15) is 0 Å². The van der Waals surface area contributed by atoms with E-state index in [1.807, 2.05) is 6.92 Å². The third kappa shape index (κ3) is 3.69. The van der Waals surface area contributed by atoms with Crippen LogP contribution in [0.3, 0.4) is 0 Å². The summed E-state index contributed by atoms with van der Waals surface area (Å²) in [6, 6.07) is 11.8. The molecule has 0 amide bonds. The Bertz CT molecular complexity index is 785. The van der Waals surface area contributed by atoms with Crippen molar-refractivity contribution in [3.05, 3.63) is 69.8 Å². The number of benzene rings is 2. The first kappa shape index (κ1) is 16.1. The second kappa shape index (κ2) is 6.25. The monoisotopic (exact) mass is 320 g/mol. The largest absolute Gasteiger partial charge is 0.269 e. The van der Waals surface area contributed by atoms with Crippen LogP contribution in [0, 0.1) is 17.0 Å². The molecule has 0 fully saturated rings. The minimum atomic E-state index is -3.68. The summed E-state index contributed by atoms with van der Waals surface area (Å²) in [5, 5.41) is 10.8. The van der Waals surface area contributed by atoms with Crippen LogP contribution in [-0.4, -0.2) is 13.3 Å². The van der Waals surface area contributed by atoms with E-state index >= 15 is 0 Å². The van der Waals surface area contributed by atoms with Gasteiger partial charge in [0.15, 0.2) is 0 Å². The van der Waals surface area contributed by atoms with Crippen molar-refractivity contribution in [1.82, 2.24) is 4.72 Å². The first-order valence-corrected chi connectivity index (χ1v) is 8.11. The molecular weight excluding hydrogens is 304 g/mol. The predicted octanol–water partition coefficient (Wildman–Crippen LogP) is 2.94. The van der Waals surface area contributed by atoms with Crippen molar-refractivity contribution < 1.29 is 13.3 Å². The highest BCUT2D eigenvalue weighted by atomic mass is 32.2. The van der Waals surface area contributed by atoms with E-state index in [-0.39, 0.29) is 10.6 Å². The van der Waals surface area contributed by atoms with E-state index in [1.165, 1.54) is 30.3 Å². The number of nitrogens with zero attached hydrogens (tertiary/aromatic N) is 1. The van der Waals surface area contributed by atoms with Crippen LogP contribution in [0.15, 0.2) is 53.4 Å². The van der Waals surface area contributed by atoms with Gasteiger partial charge in [0, 0.05) is 18.2 Å². The molecule has 22 heavy (non-hydrogen) atoms. The van der Waals surface area contributed by atoms with Crippen LogP contribution >= 0.6 is 0 Å². The van der Waals surface area contributed by atoms with E-state index in [0.29, 0.717) is 5.56 Å². The third-order valence-electron chi connectivity index (χ3n) is 3.24. The molecule has 0 heterocycles. The lowest BCUT2D eigenvalue weighted by atomic mass is 10.1. The van der Waals surface area contributed by atoms with Gasteiger partial charge >= 0.3 is 0 Å². The SMILES string of the molecule is Cc1ccc(S(=O)(=O)NC(C)c2cccc([N+](=O)[O-])c2)cc1. The van der Waals surface area contributed by atoms with Crippen LogP contribution in [0.2, 0.25) is 0 Å². The van der Waals surface area contributed by atoms with Crippen molar-refractivity contribution in [2.45, 2.75) is 24.8 Å². The zero-order valence-corrected chi connectivity index (χ0v) is 13.0. The molecule has 0 saturated carbocycles. The van der Waals surface area contributed by atoms with E-state index in [4.69, 9.17) is 0 Å². The lowest BCUT2D eigenvalue weighted by Crippen LogP contribution is -2.26. The van der Waals surface area contributed by atoms with Crippen LogP contribution in [-0.2, 0) is 10.0 Å². The first-order valence-electron chi connectivity index (χ1n) is 6.63.